The minimum atomic E-state index is -1.00. The zero-order valence-electron chi connectivity index (χ0n) is 15.2. The first kappa shape index (κ1) is 20.0. The molecule has 2 aromatic rings. The third kappa shape index (κ3) is 3.76. The van der Waals surface area contributed by atoms with Crippen molar-refractivity contribution in [3.63, 3.8) is 0 Å². The largest absolute Gasteiger partial charge is 0.394 e. The van der Waals surface area contributed by atoms with Crippen LogP contribution in [-0.2, 0) is 0 Å². The molecule has 0 spiro atoms. The molecule has 0 saturated heterocycles. The van der Waals surface area contributed by atoms with Crippen molar-refractivity contribution in [2.75, 3.05) is 36.9 Å². The van der Waals surface area contributed by atoms with Gasteiger partial charge in [0.25, 0.3) is 0 Å². The smallest absolute Gasteiger partial charge is 0.196 e. The molecule has 0 bridgehead atoms. The number of fused-ring (bicyclic) bond motifs is 2. The van der Waals surface area contributed by atoms with E-state index in [9.17, 15) is 19.8 Å². The Labute approximate surface area is 162 Å². The zero-order valence-corrected chi connectivity index (χ0v) is 15.2. The second-order valence-corrected chi connectivity index (χ2v) is 6.60. The number of nitrogens with two attached hydrogens (primary N) is 1. The van der Waals surface area contributed by atoms with Gasteiger partial charge in [-0.2, -0.15) is 0 Å². The Morgan fingerprint density at radius 3 is 1.71 bits per heavy atom. The maximum Gasteiger partial charge on any atom is 0.196 e. The average molecular weight is 385 g/mol. The van der Waals surface area contributed by atoms with E-state index in [1.807, 2.05) is 0 Å². The van der Waals surface area contributed by atoms with Crippen molar-refractivity contribution >= 4 is 22.9 Å². The van der Waals surface area contributed by atoms with Crippen molar-refractivity contribution in [2.45, 2.75) is 12.2 Å². The Bertz CT molecular complexity index is 827. The zero-order chi connectivity index (χ0) is 20.3. The van der Waals surface area contributed by atoms with Gasteiger partial charge in [0, 0.05) is 42.1 Å². The summed E-state index contributed by atoms with van der Waals surface area (Å²) in [5, 5.41) is 34.3. The van der Waals surface area contributed by atoms with Crippen LogP contribution in [0.2, 0.25) is 0 Å². The summed E-state index contributed by atoms with van der Waals surface area (Å²) in [5.41, 5.74) is 7.26. The van der Waals surface area contributed by atoms with Crippen molar-refractivity contribution < 1.29 is 24.9 Å². The molecule has 1 aliphatic carbocycles. The molecular weight excluding hydrogens is 362 g/mol. The maximum atomic E-state index is 13.1. The molecular formula is C20H23N3O5. The third-order valence-electron chi connectivity index (χ3n) is 4.61. The summed E-state index contributed by atoms with van der Waals surface area (Å²) in [6.45, 7) is -0.224. The summed E-state index contributed by atoms with van der Waals surface area (Å²) in [6.07, 6.45) is -1.80. The molecule has 2 unspecified atom stereocenters. The number of nitrogens with one attached hydrogen (secondary N) is 2. The van der Waals surface area contributed by atoms with Gasteiger partial charge in [0.1, 0.15) is 0 Å². The van der Waals surface area contributed by atoms with Crippen LogP contribution in [0.5, 0.6) is 0 Å². The highest BCUT2D eigenvalue weighted by Gasteiger charge is 2.33. The third-order valence-corrected chi connectivity index (χ3v) is 4.61. The summed E-state index contributed by atoms with van der Waals surface area (Å²) in [6, 6.07) is 9.85. The summed E-state index contributed by atoms with van der Waals surface area (Å²) in [4.78, 5) is 26.3. The van der Waals surface area contributed by atoms with Gasteiger partial charge in [0.15, 0.2) is 11.6 Å². The number of anilines is 2. The second-order valence-electron chi connectivity index (χ2n) is 6.60. The number of hydrogen-bond donors (Lipinski definition) is 6. The molecule has 7 N–H and O–H groups in total. The van der Waals surface area contributed by atoms with Gasteiger partial charge in [-0.3, -0.25) is 9.59 Å². The number of hydrogen-bond acceptors (Lipinski definition) is 8. The van der Waals surface area contributed by atoms with Crippen molar-refractivity contribution in [1.29, 1.82) is 0 Å². The number of rotatable bonds is 8. The van der Waals surface area contributed by atoms with Gasteiger partial charge in [-0.25, -0.2) is 0 Å². The quantitative estimate of drug-likeness (QED) is 0.317. The van der Waals surface area contributed by atoms with Crippen LogP contribution in [0.15, 0.2) is 36.4 Å². The molecule has 0 amide bonds. The van der Waals surface area contributed by atoms with Crippen molar-refractivity contribution in [2.24, 2.45) is 5.73 Å². The highest BCUT2D eigenvalue weighted by Crippen LogP contribution is 2.36. The summed E-state index contributed by atoms with van der Waals surface area (Å²) >= 11 is 0. The van der Waals surface area contributed by atoms with Crippen LogP contribution in [0.25, 0.3) is 0 Å². The molecule has 1 aliphatic rings. The molecule has 0 fully saturated rings. The van der Waals surface area contributed by atoms with Gasteiger partial charge in [0.05, 0.1) is 29.9 Å². The lowest BCUT2D eigenvalue weighted by Crippen LogP contribution is -2.30. The van der Waals surface area contributed by atoms with E-state index in [-0.39, 0.29) is 42.3 Å². The fourth-order valence-electron chi connectivity index (χ4n) is 3.12. The molecule has 0 aliphatic heterocycles. The molecule has 28 heavy (non-hydrogen) atoms. The maximum absolute atomic E-state index is 13.1. The van der Waals surface area contributed by atoms with E-state index in [0.29, 0.717) is 22.5 Å². The first-order valence-electron chi connectivity index (χ1n) is 8.98. The lowest BCUT2D eigenvalue weighted by Gasteiger charge is -2.24. The van der Waals surface area contributed by atoms with Crippen molar-refractivity contribution in [1.82, 2.24) is 0 Å². The van der Waals surface area contributed by atoms with Crippen LogP contribution in [0.1, 0.15) is 31.8 Å². The minimum Gasteiger partial charge on any atom is -0.394 e. The predicted molar refractivity (Wildman–Crippen MR) is 105 cm³/mol. The lowest BCUT2D eigenvalue weighted by atomic mass is 9.82. The summed E-state index contributed by atoms with van der Waals surface area (Å²) < 4.78 is 0. The predicted octanol–water partition coefficient (Wildman–Crippen LogP) is -0.0414. The van der Waals surface area contributed by atoms with Crippen LogP contribution in [-0.4, -0.2) is 65.3 Å². The topological polar surface area (TPSA) is 145 Å². The van der Waals surface area contributed by atoms with E-state index in [1.54, 1.807) is 36.4 Å². The molecule has 8 nitrogen and oxygen atoms in total. The molecule has 0 radical (unpaired) electrons. The van der Waals surface area contributed by atoms with Crippen LogP contribution in [0.3, 0.4) is 0 Å². The van der Waals surface area contributed by atoms with Crippen molar-refractivity contribution in [3.05, 3.63) is 58.7 Å². The van der Waals surface area contributed by atoms with Gasteiger partial charge in [-0.15, -0.1) is 0 Å². The molecule has 3 rings (SSSR count). The fourth-order valence-corrected chi connectivity index (χ4v) is 3.12. The number of ketones is 2. The van der Waals surface area contributed by atoms with E-state index in [0.717, 1.165) is 0 Å². The van der Waals surface area contributed by atoms with E-state index < -0.39 is 18.8 Å². The standard InChI is InChI=1S/C20H23N3O5/c21-7-11(25)8-22-15-5-6-16(23-9-12(26)10-24)18-17(15)19(27)13-3-1-2-4-14(13)20(18)28/h1-6,11-12,22-26H,7-10,21H2. The number of carbonyl (C=O) groups is 2. The van der Waals surface area contributed by atoms with Crippen LogP contribution >= 0.6 is 0 Å². The summed E-state index contributed by atoms with van der Waals surface area (Å²) in [5.74, 6) is -0.615. The Balaban J connectivity index is 2.07. The number of carbonyl (C=O) groups excluding carboxylic acids is 2. The number of aliphatic hydroxyl groups excluding tert-OH is 3. The number of benzene rings is 2. The highest BCUT2D eigenvalue weighted by atomic mass is 16.3. The minimum absolute atomic E-state index is 0.0186. The van der Waals surface area contributed by atoms with Crippen LogP contribution in [0.4, 0.5) is 11.4 Å². The Kier molecular flexibility index (Phi) is 6.05. The average Bonchev–Trinajstić information content (AvgIpc) is 2.73. The van der Waals surface area contributed by atoms with Gasteiger partial charge in [0.2, 0.25) is 0 Å². The van der Waals surface area contributed by atoms with E-state index >= 15 is 0 Å². The first-order valence-corrected chi connectivity index (χ1v) is 8.98. The van der Waals surface area contributed by atoms with Gasteiger partial charge < -0.3 is 31.7 Å². The van der Waals surface area contributed by atoms with E-state index in [4.69, 9.17) is 10.8 Å². The Morgan fingerprint density at radius 2 is 1.29 bits per heavy atom. The molecule has 8 heteroatoms. The molecule has 0 heterocycles. The SMILES string of the molecule is NCC(O)CNc1ccc(NCC(O)CO)c2c1C(=O)c1ccccc1C2=O. The van der Waals surface area contributed by atoms with Gasteiger partial charge in [-0.05, 0) is 12.1 Å². The van der Waals surface area contributed by atoms with E-state index in [1.165, 1.54) is 0 Å². The van der Waals surface area contributed by atoms with Crippen molar-refractivity contribution in [3.8, 4) is 0 Å². The molecule has 2 atom stereocenters. The Hall–Kier alpha value is -2.78. The highest BCUT2D eigenvalue weighted by molar-refractivity contribution is 6.31. The van der Waals surface area contributed by atoms with Crippen LogP contribution < -0.4 is 16.4 Å². The molecule has 0 saturated carbocycles. The normalized spacial score (nSPS) is 14.9. The fraction of sp³-hybridized carbons (Fsp3) is 0.300. The van der Waals surface area contributed by atoms with Gasteiger partial charge in [-0.1, -0.05) is 24.3 Å². The summed E-state index contributed by atoms with van der Waals surface area (Å²) in [7, 11) is 0. The molecule has 0 aromatic heterocycles. The monoisotopic (exact) mass is 385 g/mol. The van der Waals surface area contributed by atoms with Gasteiger partial charge >= 0.3 is 0 Å². The molecule has 2 aromatic carbocycles. The first-order chi connectivity index (χ1) is 13.5. The second kappa shape index (κ2) is 8.49. The Morgan fingerprint density at radius 1 is 0.821 bits per heavy atom. The number of aliphatic hydroxyl groups is 3. The lowest BCUT2D eigenvalue weighted by molar-refractivity contribution is 0.0979. The molecule has 148 valence electrons. The van der Waals surface area contributed by atoms with E-state index in [2.05, 4.69) is 10.6 Å². The van der Waals surface area contributed by atoms with Crippen LogP contribution in [0, 0.1) is 0 Å².